The maximum atomic E-state index is 6.08. The van der Waals surface area contributed by atoms with Crippen molar-refractivity contribution >= 4 is 38.2 Å². The summed E-state index contributed by atoms with van der Waals surface area (Å²) in [5.41, 5.74) is 14.9. The molecule has 26 heavy (non-hydrogen) atoms. The van der Waals surface area contributed by atoms with Crippen molar-refractivity contribution in [3.63, 3.8) is 0 Å². The minimum absolute atomic E-state index is 0.533. The zero-order valence-corrected chi connectivity index (χ0v) is 16.2. The van der Waals surface area contributed by atoms with E-state index in [0.29, 0.717) is 6.54 Å². The Bertz CT molecular complexity index is 1020. The Morgan fingerprint density at radius 1 is 1.08 bits per heavy atom. The fourth-order valence-corrected chi connectivity index (χ4v) is 5.01. The molecule has 0 amide bonds. The lowest BCUT2D eigenvalue weighted by Gasteiger charge is -2.16. The molecule has 1 aliphatic rings. The normalized spacial score (nSPS) is 12.8. The van der Waals surface area contributed by atoms with Crippen molar-refractivity contribution in [2.24, 2.45) is 5.73 Å². The zero-order chi connectivity index (χ0) is 18.3. The van der Waals surface area contributed by atoms with Crippen LogP contribution in [0.25, 0.3) is 27.3 Å². The van der Waals surface area contributed by atoms with Crippen LogP contribution in [0.1, 0.15) is 16.7 Å². The van der Waals surface area contributed by atoms with Crippen molar-refractivity contribution in [3.05, 3.63) is 52.7 Å². The standard InChI is InChI=1S/C21H24N4S/c1-23-14-8-13-9-17-19(20(24-2)21(25-3)26-17)18(16(13)10-14)15-7-5-4-6-12(15)11-22/h4-9,23-25H,10-11,22H2,1-3H3. The summed E-state index contributed by atoms with van der Waals surface area (Å²) in [7, 11) is 5.96. The van der Waals surface area contributed by atoms with Gasteiger partial charge in [0.25, 0.3) is 0 Å². The Balaban J connectivity index is 2.12. The summed E-state index contributed by atoms with van der Waals surface area (Å²) in [6.07, 6.45) is 3.19. The molecule has 0 aliphatic heterocycles. The van der Waals surface area contributed by atoms with Gasteiger partial charge in [0.2, 0.25) is 0 Å². The van der Waals surface area contributed by atoms with E-state index >= 15 is 0 Å². The number of rotatable bonds is 5. The number of allylic oxidation sites excluding steroid dienone is 1. The van der Waals surface area contributed by atoms with E-state index in [1.54, 1.807) is 11.3 Å². The van der Waals surface area contributed by atoms with E-state index < -0.39 is 0 Å². The average molecular weight is 365 g/mol. The summed E-state index contributed by atoms with van der Waals surface area (Å²) in [5, 5.41) is 12.5. The lowest BCUT2D eigenvalue weighted by atomic mass is 9.89. The van der Waals surface area contributed by atoms with Gasteiger partial charge in [-0.1, -0.05) is 24.3 Å². The minimum atomic E-state index is 0.533. The number of likely N-dealkylation sites (N-methyl/N-ethyl adjacent to an activating group) is 1. The lowest BCUT2D eigenvalue weighted by molar-refractivity contribution is 0.950. The van der Waals surface area contributed by atoms with Gasteiger partial charge >= 0.3 is 0 Å². The van der Waals surface area contributed by atoms with E-state index in [9.17, 15) is 0 Å². The van der Waals surface area contributed by atoms with Gasteiger partial charge in [0, 0.05) is 49.9 Å². The third-order valence-electron chi connectivity index (χ3n) is 5.12. The Labute approximate surface area is 158 Å². The monoisotopic (exact) mass is 364 g/mol. The lowest BCUT2D eigenvalue weighted by Crippen LogP contribution is -2.06. The number of thiophene rings is 1. The van der Waals surface area contributed by atoms with Gasteiger partial charge in [-0.15, -0.1) is 11.3 Å². The summed E-state index contributed by atoms with van der Waals surface area (Å²) in [5.74, 6) is 0. The first-order valence-electron chi connectivity index (χ1n) is 8.86. The van der Waals surface area contributed by atoms with Gasteiger partial charge in [-0.25, -0.2) is 0 Å². The largest absolute Gasteiger partial charge is 0.391 e. The van der Waals surface area contributed by atoms with Crippen molar-refractivity contribution in [1.82, 2.24) is 5.32 Å². The first kappa shape index (κ1) is 16.9. The molecule has 0 unspecified atom stereocenters. The summed E-state index contributed by atoms with van der Waals surface area (Å²) in [6, 6.07) is 10.8. The van der Waals surface area contributed by atoms with Crippen LogP contribution in [0.2, 0.25) is 0 Å². The highest BCUT2D eigenvalue weighted by Crippen LogP contribution is 2.49. The Morgan fingerprint density at radius 3 is 2.58 bits per heavy atom. The molecule has 0 saturated heterocycles. The van der Waals surface area contributed by atoms with Gasteiger partial charge < -0.3 is 21.7 Å². The molecule has 0 saturated carbocycles. The molecule has 1 heterocycles. The number of fused-ring (bicyclic) bond motifs is 2. The maximum absolute atomic E-state index is 6.08. The fraction of sp³-hybridized carbons (Fsp3) is 0.238. The molecule has 3 aromatic rings. The molecule has 1 aromatic heterocycles. The molecule has 0 bridgehead atoms. The molecule has 0 fully saturated rings. The van der Waals surface area contributed by atoms with Crippen LogP contribution in [0.4, 0.5) is 10.7 Å². The van der Waals surface area contributed by atoms with E-state index in [2.05, 4.69) is 52.4 Å². The first-order chi connectivity index (χ1) is 12.7. The van der Waals surface area contributed by atoms with Gasteiger partial charge in [-0.2, -0.15) is 0 Å². The predicted octanol–water partition coefficient (Wildman–Crippen LogP) is 4.23. The summed E-state index contributed by atoms with van der Waals surface area (Å²) >= 11 is 1.79. The number of anilines is 2. The van der Waals surface area contributed by atoms with Crippen LogP contribution in [0.3, 0.4) is 0 Å². The number of hydrogen-bond acceptors (Lipinski definition) is 5. The van der Waals surface area contributed by atoms with Crippen molar-refractivity contribution in [1.29, 1.82) is 0 Å². The van der Waals surface area contributed by atoms with E-state index in [0.717, 1.165) is 17.1 Å². The maximum Gasteiger partial charge on any atom is 0.113 e. The second-order valence-corrected chi connectivity index (χ2v) is 7.51. The third kappa shape index (κ3) is 2.47. The van der Waals surface area contributed by atoms with E-state index in [4.69, 9.17) is 5.73 Å². The second kappa shape index (κ2) is 6.67. The Morgan fingerprint density at radius 2 is 1.88 bits per heavy atom. The van der Waals surface area contributed by atoms with Gasteiger partial charge in [0.1, 0.15) is 5.00 Å². The first-order valence-corrected chi connectivity index (χ1v) is 9.68. The zero-order valence-electron chi connectivity index (χ0n) is 15.4. The molecule has 134 valence electrons. The molecule has 5 heteroatoms. The Kier molecular flexibility index (Phi) is 4.34. The highest BCUT2D eigenvalue weighted by atomic mass is 32.1. The van der Waals surface area contributed by atoms with Crippen LogP contribution in [0.5, 0.6) is 0 Å². The third-order valence-corrected chi connectivity index (χ3v) is 6.28. The quantitative estimate of drug-likeness (QED) is 0.547. The smallest absolute Gasteiger partial charge is 0.113 e. The van der Waals surface area contributed by atoms with Crippen molar-refractivity contribution in [2.45, 2.75) is 13.0 Å². The molecule has 4 rings (SSSR count). The molecule has 5 N–H and O–H groups in total. The Hall–Kier alpha value is -2.50. The van der Waals surface area contributed by atoms with Crippen molar-refractivity contribution in [2.75, 3.05) is 31.8 Å². The number of hydrogen-bond donors (Lipinski definition) is 4. The minimum Gasteiger partial charge on any atom is -0.391 e. The van der Waals surface area contributed by atoms with Crippen LogP contribution in [-0.4, -0.2) is 21.1 Å². The van der Waals surface area contributed by atoms with Crippen LogP contribution in [-0.2, 0) is 13.0 Å². The van der Waals surface area contributed by atoms with E-state index in [1.165, 1.54) is 43.6 Å². The van der Waals surface area contributed by atoms with Gasteiger partial charge in [0.15, 0.2) is 0 Å². The topological polar surface area (TPSA) is 62.1 Å². The van der Waals surface area contributed by atoms with Crippen molar-refractivity contribution in [3.8, 4) is 11.1 Å². The van der Waals surface area contributed by atoms with Crippen LogP contribution < -0.4 is 21.7 Å². The fourth-order valence-electron chi connectivity index (χ4n) is 3.89. The van der Waals surface area contributed by atoms with Gasteiger partial charge in [-0.05, 0) is 40.0 Å². The van der Waals surface area contributed by atoms with Gasteiger partial charge in [0.05, 0.1) is 5.69 Å². The molecule has 0 atom stereocenters. The molecule has 2 aromatic carbocycles. The number of nitrogens with two attached hydrogens (primary N) is 1. The molecule has 1 aliphatic carbocycles. The molecular formula is C21H24N4S. The van der Waals surface area contributed by atoms with E-state index in [1.807, 2.05) is 21.1 Å². The SMILES string of the molecule is CNC1=Cc2cc3sc(NC)c(NC)c3c(-c3ccccc3CN)c2C1. The summed E-state index contributed by atoms with van der Waals surface area (Å²) in [6.45, 7) is 0.533. The van der Waals surface area contributed by atoms with Crippen LogP contribution in [0.15, 0.2) is 36.0 Å². The molecular weight excluding hydrogens is 340 g/mol. The predicted molar refractivity (Wildman–Crippen MR) is 115 cm³/mol. The van der Waals surface area contributed by atoms with Crippen LogP contribution >= 0.6 is 11.3 Å². The number of nitrogens with one attached hydrogen (secondary N) is 3. The average Bonchev–Trinajstić information content (AvgIpc) is 3.25. The van der Waals surface area contributed by atoms with E-state index in [-0.39, 0.29) is 0 Å². The van der Waals surface area contributed by atoms with Gasteiger partial charge in [-0.3, -0.25) is 0 Å². The highest BCUT2D eigenvalue weighted by molar-refractivity contribution is 7.23. The molecule has 4 nitrogen and oxygen atoms in total. The van der Waals surface area contributed by atoms with Crippen LogP contribution in [0, 0.1) is 0 Å². The number of benzene rings is 2. The highest BCUT2D eigenvalue weighted by Gasteiger charge is 2.25. The second-order valence-electron chi connectivity index (χ2n) is 6.46. The summed E-state index contributed by atoms with van der Waals surface area (Å²) < 4.78 is 1.29. The molecule has 0 spiro atoms. The van der Waals surface area contributed by atoms with Crippen molar-refractivity contribution < 1.29 is 0 Å². The summed E-state index contributed by atoms with van der Waals surface area (Å²) in [4.78, 5) is 0. The molecule has 0 radical (unpaired) electrons.